The van der Waals surface area contributed by atoms with Crippen LogP contribution >= 0.6 is 11.6 Å². The number of ether oxygens (including phenoxy) is 2. The first kappa shape index (κ1) is 15.5. The molecule has 4 heteroatoms. The third-order valence-electron chi connectivity index (χ3n) is 3.82. The molecule has 1 aromatic carbocycles. The quantitative estimate of drug-likeness (QED) is 0.853. The van der Waals surface area contributed by atoms with Crippen LogP contribution in [0.3, 0.4) is 0 Å². The van der Waals surface area contributed by atoms with Gasteiger partial charge in [0.05, 0.1) is 0 Å². The minimum atomic E-state index is 0.253. The van der Waals surface area contributed by atoms with Crippen molar-refractivity contribution < 1.29 is 9.47 Å². The maximum absolute atomic E-state index is 6.46. The minimum absolute atomic E-state index is 0.253. The summed E-state index contributed by atoms with van der Waals surface area (Å²) in [4.78, 5) is 0. The Morgan fingerprint density at radius 3 is 2.45 bits per heavy atom. The van der Waals surface area contributed by atoms with Crippen molar-refractivity contribution in [3.05, 3.63) is 22.7 Å². The molecule has 0 spiro atoms. The zero-order chi connectivity index (χ0) is 14.5. The molecule has 2 rings (SSSR count). The molecular weight excluding hydrogens is 274 g/mol. The zero-order valence-electron chi connectivity index (χ0n) is 12.5. The first-order valence-electron chi connectivity index (χ1n) is 7.49. The van der Waals surface area contributed by atoms with Gasteiger partial charge in [0, 0.05) is 17.1 Å². The molecule has 0 bridgehead atoms. The van der Waals surface area contributed by atoms with Crippen LogP contribution in [0.1, 0.15) is 45.2 Å². The zero-order valence-corrected chi connectivity index (χ0v) is 13.3. The van der Waals surface area contributed by atoms with Crippen LogP contribution in [0.15, 0.2) is 12.1 Å². The van der Waals surface area contributed by atoms with Crippen LogP contribution in [0.2, 0.25) is 5.02 Å². The maximum Gasteiger partial charge on any atom is 0.162 e. The lowest BCUT2D eigenvalue weighted by molar-refractivity contribution is 0.171. The predicted octanol–water partition coefficient (Wildman–Crippen LogP) is 4.20. The van der Waals surface area contributed by atoms with Gasteiger partial charge in [-0.2, -0.15) is 0 Å². The molecule has 0 aromatic heterocycles. The fourth-order valence-corrected chi connectivity index (χ4v) is 2.74. The standard InChI is InChI=1S/C16H24ClNO2/c1-4-6-18-16(11(3)5-2)12-9-14-15(10-13(12)17)20-8-7-19-14/h9-11,16,18H,4-8H2,1-3H3. The van der Waals surface area contributed by atoms with Gasteiger partial charge in [0.15, 0.2) is 11.5 Å². The Balaban J connectivity index is 2.31. The molecule has 2 atom stereocenters. The lowest BCUT2D eigenvalue weighted by Crippen LogP contribution is -2.28. The summed E-state index contributed by atoms with van der Waals surface area (Å²) in [5, 5.41) is 4.36. The monoisotopic (exact) mass is 297 g/mol. The normalized spacial score (nSPS) is 16.8. The van der Waals surface area contributed by atoms with Gasteiger partial charge in [-0.25, -0.2) is 0 Å². The number of halogens is 1. The Kier molecular flexibility index (Phi) is 5.55. The molecule has 20 heavy (non-hydrogen) atoms. The molecule has 1 aliphatic heterocycles. The van der Waals surface area contributed by atoms with Crippen molar-refractivity contribution in [2.45, 2.75) is 39.7 Å². The van der Waals surface area contributed by atoms with E-state index < -0.39 is 0 Å². The van der Waals surface area contributed by atoms with E-state index in [0.717, 1.165) is 41.5 Å². The number of benzene rings is 1. The van der Waals surface area contributed by atoms with Crippen LogP contribution in [0.4, 0.5) is 0 Å². The summed E-state index contributed by atoms with van der Waals surface area (Å²) in [5.41, 5.74) is 1.11. The van der Waals surface area contributed by atoms with Gasteiger partial charge in [0.2, 0.25) is 0 Å². The van der Waals surface area contributed by atoms with E-state index in [2.05, 4.69) is 26.1 Å². The van der Waals surface area contributed by atoms with Crippen LogP contribution in [0.5, 0.6) is 11.5 Å². The maximum atomic E-state index is 6.46. The molecule has 0 saturated carbocycles. The summed E-state index contributed by atoms with van der Waals surface area (Å²) in [6, 6.07) is 4.17. The third kappa shape index (κ3) is 3.39. The summed E-state index contributed by atoms with van der Waals surface area (Å²) < 4.78 is 11.3. The number of hydrogen-bond donors (Lipinski definition) is 1. The van der Waals surface area contributed by atoms with Gasteiger partial charge < -0.3 is 14.8 Å². The molecule has 2 unspecified atom stereocenters. The van der Waals surface area contributed by atoms with Crippen LogP contribution in [-0.2, 0) is 0 Å². The summed E-state index contributed by atoms with van der Waals surface area (Å²) in [7, 11) is 0. The first-order chi connectivity index (χ1) is 9.67. The number of nitrogens with one attached hydrogen (secondary N) is 1. The fraction of sp³-hybridized carbons (Fsp3) is 0.625. The third-order valence-corrected chi connectivity index (χ3v) is 4.15. The van der Waals surface area contributed by atoms with E-state index in [1.165, 1.54) is 0 Å². The van der Waals surface area contributed by atoms with E-state index in [1.54, 1.807) is 0 Å². The van der Waals surface area contributed by atoms with Crippen molar-refractivity contribution in [2.24, 2.45) is 5.92 Å². The first-order valence-corrected chi connectivity index (χ1v) is 7.87. The number of rotatable bonds is 6. The molecule has 0 amide bonds. The summed E-state index contributed by atoms with van der Waals surface area (Å²) in [6.45, 7) is 8.81. The number of fused-ring (bicyclic) bond motifs is 1. The van der Waals surface area contributed by atoms with Gasteiger partial charge in [0.1, 0.15) is 13.2 Å². The van der Waals surface area contributed by atoms with Gasteiger partial charge in [-0.1, -0.05) is 38.8 Å². The lowest BCUT2D eigenvalue weighted by atomic mass is 9.92. The van der Waals surface area contributed by atoms with E-state index >= 15 is 0 Å². The molecule has 0 aliphatic carbocycles. The second kappa shape index (κ2) is 7.19. The van der Waals surface area contributed by atoms with E-state index in [1.807, 2.05) is 12.1 Å². The van der Waals surface area contributed by atoms with Crippen molar-refractivity contribution in [1.29, 1.82) is 0 Å². The van der Waals surface area contributed by atoms with Gasteiger partial charge >= 0.3 is 0 Å². The molecular formula is C16H24ClNO2. The fourth-order valence-electron chi connectivity index (χ4n) is 2.47. The van der Waals surface area contributed by atoms with E-state index in [4.69, 9.17) is 21.1 Å². The van der Waals surface area contributed by atoms with Gasteiger partial charge in [-0.3, -0.25) is 0 Å². The van der Waals surface area contributed by atoms with Crippen molar-refractivity contribution >= 4 is 11.6 Å². The lowest BCUT2D eigenvalue weighted by Gasteiger charge is -2.28. The Labute approximate surface area is 126 Å². The highest BCUT2D eigenvalue weighted by molar-refractivity contribution is 6.31. The predicted molar refractivity (Wildman–Crippen MR) is 82.9 cm³/mol. The van der Waals surface area contributed by atoms with Crippen molar-refractivity contribution in [3.8, 4) is 11.5 Å². The highest BCUT2D eigenvalue weighted by Gasteiger charge is 2.23. The molecule has 1 aromatic rings. The van der Waals surface area contributed by atoms with E-state index in [-0.39, 0.29) is 6.04 Å². The average molecular weight is 298 g/mol. The second-order valence-electron chi connectivity index (χ2n) is 5.33. The highest BCUT2D eigenvalue weighted by Crippen LogP contribution is 2.39. The van der Waals surface area contributed by atoms with Crippen LogP contribution < -0.4 is 14.8 Å². The second-order valence-corrected chi connectivity index (χ2v) is 5.74. The van der Waals surface area contributed by atoms with Crippen molar-refractivity contribution in [1.82, 2.24) is 5.32 Å². The van der Waals surface area contributed by atoms with Crippen LogP contribution in [0.25, 0.3) is 0 Å². The molecule has 0 radical (unpaired) electrons. The summed E-state index contributed by atoms with van der Waals surface area (Å²) in [5.74, 6) is 2.08. The molecule has 112 valence electrons. The van der Waals surface area contributed by atoms with Crippen LogP contribution in [-0.4, -0.2) is 19.8 Å². The smallest absolute Gasteiger partial charge is 0.162 e. The Morgan fingerprint density at radius 1 is 1.20 bits per heavy atom. The molecule has 0 saturated heterocycles. The molecule has 0 fully saturated rings. The Morgan fingerprint density at radius 2 is 1.85 bits per heavy atom. The topological polar surface area (TPSA) is 30.5 Å². The number of hydrogen-bond acceptors (Lipinski definition) is 3. The van der Waals surface area contributed by atoms with Gasteiger partial charge in [0.25, 0.3) is 0 Å². The summed E-state index contributed by atoms with van der Waals surface area (Å²) in [6.07, 6.45) is 2.21. The largest absolute Gasteiger partial charge is 0.486 e. The molecule has 1 N–H and O–H groups in total. The minimum Gasteiger partial charge on any atom is -0.486 e. The molecule has 3 nitrogen and oxygen atoms in total. The highest BCUT2D eigenvalue weighted by atomic mass is 35.5. The van der Waals surface area contributed by atoms with E-state index in [0.29, 0.717) is 19.1 Å². The SMILES string of the molecule is CCCNC(c1cc2c(cc1Cl)OCCO2)C(C)CC. The van der Waals surface area contributed by atoms with Crippen LogP contribution in [0, 0.1) is 5.92 Å². The Hall–Kier alpha value is -0.930. The van der Waals surface area contributed by atoms with E-state index in [9.17, 15) is 0 Å². The van der Waals surface area contributed by atoms with Crippen molar-refractivity contribution in [2.75, 3.05) is 19.8 Å². The summed E-state index contributed by atoms with van der Waals surface area (Å²) >= 11 is 6.46. The van der Waals surface area contributed by atoms with Gasteiger partial charge in [-0.15, -0.1) is 0 Å². The Bertz CT molecular complexity index is 450. The molecule has 1 heterocycles. The van der Waals surface area contributed by atoms with Gasteiger partial charge in [-0.05, 0) is 30.5 Å². The molecule has 1 aliphatic rings. The average Bonchev–Trinajstić information content (AvgIpc) is 2.47. The van der Waals surface area contributed by atoms with Crippen molar-refractivity contribution in [3.63, 3.8) is 0 Å².